The molecule has 3 nitrogen and oxygen atoms in total. The Morgan fingerprint density at radius 1 is 1.40 bits per heavy atom. The zero-order valence-corrected chi connectivity index (χ0v) is 10.3. The van der Waals surface area contributed by atoms with Crippen molar-refractivity contribution in [2.75, 3.05) is 19.1 Å². The van der Waals surface area contributed by atoms with E-state index < -0.39 is 5.97 Å². The van der Waals surface area contributed by atoms with E-state index >= 15 is 0 Å². The molecule has 0 radical (unpaired) electrons. The minimum absolute atomic E-state index is 0.191. The van der Waals surface area contributed by atoms with Crippen LogP contribution in [0.1, 0.15) is 27.2 Å². The summed E-state index contributed by atoms with van der Waals surface area (Å²) in [5.74, 6) is 0.595. The molecule has 0 aromatic rings. The van der Waals surface area contributed by atoms with Crippen molar-refractivity contribution in [3.8, 4) is 0 Å². The van der Waals surface area contributed by atoms with Gasteiger partial charge in [-0.1, -0.05) is 20.8 Å². The number of esters is 1. The predicted octanol–water partition coefficient (Wildman–Crippen LogP) is 2.73. The number of carbonyl (C=O) groups excluding carboxylic acids is 1. The number of hydrogen-bond donors (Lipinski definition) is 0. The zero-order chi connectivity index (χ0) is 11.7. The van der Waals surface area contributed by atoms with Gasteiger partial charge in [-0.3, -0.25) is 0 Å². The molecule has 0 atom stereocenters. The molecule has 0 aliphatic carbocycles. The van der Waals surface area contributed by atoms with Crippen LogP contribution in [0.2, 0.25) is 0 Å². The Labute approximate surface area is 96.4 Å². The molecule has 0 heterocycles. The average Bonchev–Trinajstić information content (AvgIpc) is 2.21. The maximum atomic E-state index is 11.2. The van der Waals surface area contributed by atoms with Crippen molar-refractivity contribution in [2.45, 2.75) is 27.2 Å². The highest BCUT2D eigenvalue weighted by Gasteiger charge is 2.04. The topological polar surface area (TPSA) is 35.5 Å². The van der Waals surface area contributed by atoms with Crippen molar-refractivity contribution in [3.63, 3.8) is 0 Å². The first-order chi connectivity index (χ1) is 7.10. The second-order valence-corrected chi connectivity index (χ2v) is 3.88. The van der Waals surface area contributed by atoms with E-state index in [1.165, 1.54) is 6.08 Å². The summed E-state index contributed by atoms with van der Waals surface area (Å²) in [7, 11) is 0. The Bertz CT molecular complexity index is 212. The second-order valence-electron chi connectivity index (χ2n) is 3.62. The van der Waals surface area contributed by atoms with E-state index in [9.17, 15) is 4.79 Å². The molecule has 0 N–H and O–H groups in total. The van der Waals surface area contributed by atoms with Crippen LogP contribution in [0, 0.1) is 5.92 Å². The van der Waals surface area contributed by atoms with Gasteiger partial charge in [0, 0.05) is 0 Å². The third-order valence-corrected chi connectivity index (χ3v) is 1.72. The summed E-state index contributed by atoms with van der Waals surface area (Å²) in [6, 6.07) is 0. The van der Waals surface area contributed by atoms with Crippen molar-refractivity contribution in [1.29, 1.82) is 0 Å². The molecule has 0 bridgehead atoms. The average molecular weight is 235 g/mol. The van der Waals surface area contributed by atoms with Gasteiger partial charge < -0.3 is 9.47 Å². The quantitative estimate of drug-likeness (QED) is 0.294. The fourth-order valence-corrected chi connectivity index (χ4v) is 0.928. The van der Waals surface area contributed by atoms with Gasteiger partial charge in [0.1, 0.15) is 5.76 Å². The van der Waals surface area contributed by atoms with Gasteiger partial charge in [0.2, 0.25) is 0 Å². The lowest BCUT2D eigenvalue weighted by atomic mass is 10.2. The van der Waals surface area contributed by atoms with Crippen molar-refractivity contribution in [2.24, 2.45) is 5.92 Å². The predicted molar refractivity (Wildman–Crippen MR) is 60.8 cm³/mol. The summed E-state index contributed by atoms with van der Waals surface area (Å²) in [6.07, 6.45) is 2.19. The molecular formula is C11H19ClO3. The number of allylic oxidation sites excluding steroid dienone is 1. The molecular weight excluding hydrogens is 216 g/mol. The molecule has 0 fully saturated rings. The highest BCUT2D eigenvalue weighted by Crippen LogP contribution is 2.03. The lowest BCUT2D eigenvalue weighted by Crippen LogP contribution is -2.09. The van der Waals surface area contributed by atoms with Crippen molar-refractivity contribution >= 4 is 17.6 Å². The molecule has 0 aliphatic heterocycles. The lowest BCUT2D eigenvalue weighted by Gasteiger charge is -2.07. The first-order valence-electron chi connectivity index (χ1n) is 5.16. The normalized spacial score (nSPS) is 11.7. The van der Waals surface area contributed by atoms with Crippen LogP contribution in [0.4, 0.5) is 0 Å². The van der Waals surface area contributed by atoms with E-state index in [1.807, 2.05) is 20.8 Å². The minimum Gasteiger partial charge on any atom is -0.496 e. The SMILES string of the molecule is CCCO/C(=C/C(=O)OCC(C)C)CCl. The van der Waals surface area contributed by atoms with E-state index in [-0.39, 0.29) is 5.88 Å². The first-order valence-corrected chi connectivity index (χ1v) is 5.69. The monoisotopic (exact) mass is 234 g/mol. The number of hydrogen-bond acceptors (Lipinski definition) is 3. The largest absolute Gasteiger partial charge is 0.496 e. The Morgan fingerprint density at radius 2 is 2.07 bits per heavy atom. The molecule has 4 heteroatoms. The van der Waals surface area contributed by atoms with Crippen LogP contribution < -0.4 is 0 Å². The van der Waals surface area contributed by atoms with Crippen LogP contribution in [0.25, 0.3) is 0 Å². The van der Waals surface area contributed by atoms with E-state index in [2.05, 4.69) is 0 Å². The van der Waals surface area contributed by atoms with Crippen LogP contribution in [0.5, 0.6) is 0 Å². The maximum absolute atomic E-state index is 11.2. The van der Waals surface area contributed by atoms with Gasteiger partial charge in [0.05, 0.1) is 25.2 Å². The Hall–Kier alpha value is -0.700. The van der Waals surface area contributed by atoms with Gasteiger partial charge in [-0.25, -0.2) is 4.79 Å². The summed E-state index contributed by atoms with van der Waals surface area (Å²) < 4.78 is 10.2. The molecule has 0 aliphatic rings. The number of ether oxygens (including phenoxy) is 2. The van der Waals surface area contributed by atoms with Crippen molar-refractivity contribution in [3.05, 3.63) is 11.8 Å². The van der Waals surface area contributed by atoms with Crippen molar-refractivity contribution < 1.29 is 14.3 Å². The third kappa shape index (κ3) is 8.30. The lowest BCUT2D eigenvalue weighted by molar-refractivity contribution is -0.139. The third-order valence-electron chi connectivity index (χ3n) is 1.46. The standard InChI is InChI=1S/C11H19ClO3/c1-4-5-14-10(7-12)6-11(13)15-8-9(2)3/h6,9H,4-5,7-8H2,1-3H3/b10-6+. The van der Waals surface area contributed by atoms with Gasteiger partial charge >= 0.3 is 5.97 Å². The van der Waals surface area contributed by atoms with Gasteiger partial charge in [-0.05, 0) is 12.3 Å². The number of halogens is 1. The molecule has 0 saturated carbocycles. The summed E-state index contributed by atoms with van der Waals surface area (Å²) in [4.78, 5) is 11.2. The first kappa shape index (κ1) is 14.3. The summed E-state index contributed by atoms with van der Waals surface area (Å²) >= 11 is 5.61. The van der Waals surface area contributed by atoms with Gasteiger partial charge in [-0.15, -0.1) is 11.6 Å². The van der Waals surface area contributed by atoms with Gasteiger partial charge in [-0.2, -0.15) is 0 Å². The molecule has 0 aromatic heterocycles. The number of carbonyl (C=O) groups is 1. The molecule has 0 rings (SSSR count). The maximum Gasteiger partial charge on any atom is 0.334 e. The fraction of sp³-hybridized carbons (Fsp3) is 0.727. The van der Waals surface area contributed by atoms with E-state index in [0.717, 1.165) is 6.42 Å². The molecule has 0 saturated heterocycles. The van der Waals surface area contributed by atoms with Crippen molar-refractivity contribution in [1.82, 2.24) is 0 Å². The van der Waals surface area contributed by atoms with Crippen LogP contribution in [0.3, 0.4) is 0 Å². The Balaban J connectivity index is 3.99. The molecule has 15 heavy (non-hydrogen) atoms. The zero-order valence-electron chi connectivity index (χ0n) is 9.59. The Kier molecular flexibility index (Phi) is 8.19. The van der Waals surface area contributed by atoms with Crippen LogP contribution >= 0.6 is 11.6 Å². The minimum atomic E-state index is -0.393. The highest BCUT2D eigenvalue weighted by atomic mass is 35.5. The number of rotatable bonds is 7. The molecule has 88 valence electrons. The molecule has 0 aromatic carbocycles. The molecule has 0 unspecified atom stereocenters. The highest BCUT2D eigenvalue weighted by molar-refractivity contribution is 6.19. The summed E-state index contributed by atoms with van der Waals surface area (Å²) in [5.41, 5.74) is 0. The number of alkyl halides is 1. The van der Waals surface area contributed by atoms with E-state index in [0.29, 0.717) is 24.9 Å². The van der Waals surface area contributed by atoms with Gasteiger partial charge in [0.15, 0.2) is 0 Å². The van der Waals surface area contributed by atoms with E-state index in [4.69, 9.17) is 21.1 Å². The Morgan fingerprint density at radius 3 is 2.53 bits per heavy atom. The summed E-state index contributed by atoms with van der Waals surface area (Å²) in [6.45, 7) is 6.93. The van der Waals surface area contributed by atoms with Crippen LogP contribution in [-0.2, 0) is 14.3 Å². The molecule has 0 amide bonds. The smallest absolute Gasteiger partial charge is 0.334 e. The second kappa shape index (κ2) is 8.60. The molecule has 0 spiro atoms. The fourth-order valence-electron chi connectivity index (χ4n) is 0.774. The van der Waals surface area contributed by atoms with E-state index in [1.54, 1.807) is 0 Å². The van der Waals surface area contributed by atoms with Gasteiger partial charge in [0.25, 0.3) is 0 Å². The van der Waals surface area contributed by atoms with Crippen LogP contribution in [0.15, 0.2) is 11.8 Å². The summed E-state index contributed by atoms with van der Waals surface area (Å²) in [5, 5.41) is 0. The van der Waals surface area contributed by atoms with Crippen LogP contribution in [-0.4, -0.2) is 25.1 Å².